The lowest BCUT2D eigenvalue weighted by molar-refractivity contribution is 0.0949. The Morgan fingerprint density at radius 3 is 2.16 bits per heavy atom. The number of nitrogen functional groups attached to an aromatic ring is 2. The fourth-order valence-corrected chi connectivity index (χ4v) is 2.81. The first-order valence-corrected chi connectivity index (χ1v) is 7.68. The summed E-state index contributed by atoms with van der Waals surface area (Å²) in [6, 6.07) is 4.93. The Bertz CT molecular complexity index is 416. The van der Waals surface area contributed by atoms with Crippen LogP contribution in [0.3, 0.4) is 0 Å². The van der Waals surface area contributed by atoms with Crippen molar-refractivity contribution in [1.29, 1.82) is 0 Å². The number of carbonyl (C=O) groups excluding carboxylic acids is 1. The molecule has 0 spiro atoms. The van der Waals surface area contributed by atoms with Crippen molar-refractivity contribution in [3.8, 4) is 0 Å². The first-order valence-electron chi connectivity index (χ1n) is 6.45. The predicted molar refractivity (Wildman–Crippen MR) is 84.4 cm³/mol. The van der Waals surface area contributed by atoms with Crippen molar-refractivity contribution in [2.24, 2.45) is 0 Å². The van der Waals surface area contributed by atoms with Crippen LogP contribution >= 0.6 is 11.8 Å². The molecule has 1 aromatic rings. The van der Waals surface area contributed by atoms with Crippen LogP contribution in [-0.2, 0) is 0 Å². The van der Waals surface area contributed by atoms with E-state index in [-0.39, 0.29) is 10.7 Å². The lowest BCUT2D eigenvalue weighted by Crippen LogP contribution is -2.39. The molecule has 0 unspecified atom stereocenters. The highest BCUT2D eigenvalue weighted by Crippen LogP contribution is 2.29. The molecule has 0 fully saturated rings. The van der Waals surface area contributed by atoms with Crippen molar-refractivity contribution >= 4 is 29.0 Å². The van der Waals surface area contributed by atoms with Gasteiger partial charge in [0.1, 0.15) is 0 Å². The van der Waals surface area contributed by atoms with E-state index in [9.17, 15) is 4.79 Å². The first-order chi connectivity index (χ1) is 8.96. The summed E-state index contributed by atoms with van der Waals surface area (Å²) in [7, 11) is 0. The number of carbonyl (C=O) groups is 1. The summed E-state index contributed by atoms with van der Waals surface area (Å²) in [5, 5.41) is 2.98. The lowest BCUT2D eigenvalue weighted by atomic mass is 10.0. The van der Waals surface area contributed by atoms with Gasteiger partial charge in [-0.1, -0.05) is 13.8 Å². The van der Waals surface area contributed by atoms with Crippen LogP contribution in [0.15, 0.2) is 18.2 Å². The highest BCUT2D eigenvalue weighted by molar-refractivity contribution is 8.00. The smallest absolute Gasteiger partial charge is 0.251 e. The topological polar surface area (TPSA) is 81.1 Å². The van der Waals surface area contributed by atoms with Crippen LogP contribution in [0.2, 0.25) is 0 Å². The monoisotopic (exact) mass is 281 g/mol. The molecule has 0 bridgehead atoms. The van der Waals surface area contributed by atoms with Crippen molar-refractivity contribution in [3.63, 3.8) is 0 Å². The minimum absolute atomic E-state index is 0.0987. The second-order valence-corrected chi connectivity index (χ2v) is 5.94. The molecule has 0 saturated heterocycles. The van der Waals surface area contributed by atoms with Crippen LogP contribution in [-0.4, -0.2) is 23.5 Å². The standard InChI is InChI=1S/C14H23N3OS/c1-4-14(5-2,19-3)9-17-13(18)10-6-11(15)8-12(16)7-10/h6-8H,4-5,9,15-16H2,1-3H3,(H,17,18). The van der Waals surface area contributed by atoms with Crippen LogP contribution in [0, 0.1) is 0 Å². The van der Waals surface area contributed by atoms with Crippen molar-refractivity contribution in [1.82, 2.24) is 5.32 Å². The number of nitrogens with two attached hydrogens (primary N) is 2. The Morgan fingerprint density at radius 1 is 1.21 bits per heavy atom. The number of rotatable bonds is 6. The predicted octanol–water partition coefficient (Wildman–Crippen LogP) is 2.50. The summed E-state index contributed by atoms with van der Waals surface area (Å²) >= 11 is 1.80. The summed E-state index contributed by atoms with van der Waals surface area (Å²) in [5.74, 6) is -0.126. The maximum atomic E-state index is 12.1. The molecule has 0 radical (unpaired) electrons. The molecule has 5 N–H and O–H groups in total. The number of nitrogens with one attached hydrogen (secondary N) is 1. The second kappa shape index (κ2) is 6.70. The van der Waals surface area contributed by atoms with Crippen molar-refractivity contribution in [2.45, 2.75) is 31.4 Å². The number of anilines is 2. The number of benzene rings is 1. The van der Waals surface area contributed by atoms with E-state index in [4.69, 9.17) is 11.5 Å². The van der Waals surface area contributed by atoms with E-state index >= 15 is 0 Å². The van der Waals surface area contributed by atoms with E-state index < -0.39 is 0 Å². The number of thioether (sulfide) groups is 1. The highest BCUT2D eigenvalue weighted by atomic mass is 32.2. The molecule has 1 amide bonds. The van der Waals surface area contributed by atoms with Gasteiger partial charge in [-0.25, -0.2) is 0 Å². The quantitative estimate of drug-likeness (QED) is 0.700. The number of hydrogen-bond acceptors (Lipinski definition) is 4. The van der Waals surface area contributed by atoms with Gasteiger partial charge in [0.25, 0.3) is 5.91 Å². The largest absolute Gasteiger partial charge is 0.399 e. The molecule has 4 nitrogen and oxygen atoms in total. The molecule has 1 rings (SSSR count). The summed E-state index contributed by atoms with van der Waals surface area (Å²) < 4.78 is 0.0987. The summed E-state index contributed by atoms with van der Waals surface area (Å²) in [5.41, 5.74) is 12.9. The SMILES string of the molecule is CCC(CC)(CNC(=O)c1cc(N)cc(N)c1)SC. The molecular formula is C14H23N3OS. The maximum absolute atomic E-state index is 12.1. The molecule has 0 aliphatic heterocycles. The molecule has 0 aliphatic rings. The van der Waals surface area contributed by atoms with Gasteiger partial charge in [-0.2, -0.15) is 11.8 Å². The molecule has 5 heteroatoms. The lowest BCUT2D eigenvalue weighted by Gasteiger charge is -2.29. The van der Waals surface area contributed by atoms with E-state index in [2.05, 4.69) is 25.4 Å². The van der Waals surface area contributed by atoms with Gasteiger partial charge in [0.15, 0.2) is 0 Å². The number of hydrogen-bond donors (Lipinski definition) is 3. The molecule has 0 heterocycles. The average Bonchev–Trinajstić information content (AvgIpc) is 2.39. The van der Waals surface area contributed by atoms with Crippen LogP contribution in [0.25, 0.3) is 0 Å². The van der Waals surface area contributed by atoms with E-state index in [0.717, 1.165) is 12.8 Å². The van der Waals surface area contributed by atoms with Gasteiger partial charge in [0, 0.05) is 28.2 Å². The Balaban J connectivity index is 2.74. The Hall–Kier alpha value is -1.36. The molecule has 1 aromatic carbocycles. The van der Waals surface area contributed by atoms with Gasteiger partial charge in [-0.15, -0.1) is 0 Å². The summed E-state index contributed by atoms with van der Waals surface area (Å²) in [6.45, 7) is 4.93. The van der Waals surface area contributed by atoms with Gasteiger partial charge < -0.3 is 16.8 Å². The summed E-state index contributed by atoms with van der Waals surface area (Å²) in [4.78, 5) is 12.1. The van der Waals surface area contributed by atoms with Crippen molar-refractivity contribution in [3.05, 3.63) is 23.8 Å². The van der Waals surface area contributed by atoms with Crippen LogP contribution < -0.4 is 16.8 Å². The normalized spacial score (nSPS) is 11.3. The fraction of sp³-hybridized carbons (Fsp3) is 0.500. The van der Waals surface area contributed by atoms with E-state index in [1.807, 2.05) is 0 Å². The third-order valence-electron chi connectivity index (χ3n) is 3.53. The Kier molecular flexibility index (Phi) is 5.54. The third-order valence-corrected chi connectivity index (χ3v) is 5.12. The molecular weight excluding hydrogens is 258 g/mol. The van der Waals surface area contributed by atoms with Gasteiger partial charge in [-0.05, 0) is 37.3 Å². The van der Waals surface area contributed by atoms with Crippen LogP contribution in [0.1, 0.15) is 37.0 Å². The van der Waals surface area contributed by atoms with Crippen LogP contribution in [0.5, 0.6) is 0 Å². The molecule has 0 aliphatic carbocycles. The zero-order chi connectivity index (χ0) is 14.5. The molecule has 0 aromatic heterocycles. The number of amides is 1. The van der Waals surface area contributed by atoms with Gasteiger partial charge in [0.05, 0.1) is 0 Å². The van der Waals surface area contributed by atoms with Gasteiger partial charge >= 0.3 is 0 Å². The minimum atomic E-state index is -0.126. The molecule has 0 saturated carbocycles. The van der Waals surface area contributed by atoms with Crippen molar-refractivity contribution < 1.29 is 4.79 Å². The second-order valence-electron chi connectivity index (χ2n) is 4.67. The van der Waals surface area contributed by atoms with E-state index in [1.54, 1.807) is 30.0 Å². The average molecular weight is 281 g/mol. The van der Waals surface area contributed by atoms with Gasteiger partial charge in [0.2, 0.25) is 0 Å². The molecule has 19 heavy (non-hydrogen) atoms. The third kappa shape index (κ3) is 4.06. The Labute approximate surface area is 119 Å². The summed E-state index contributed by atoms with van der Waals surface area (Å²) in [6.07, 6.45) is 4.12. The first kappa shape index (κ1) is 15.7. The Morgan fingerprint density at radius 2 is 1.74 bits per heavy atom. The zero-order valence-corrected chi connectivity index (χ0v) is 12.6. The van der Waals surface area contributed by atoms with E-state index in [0.29, 0.717) is 23.5 Å². The fourth-order valence-electron chi connectivity index (χ4n) is 2.01. The highest BCUT2D eigenvalue weighted by Gasteiger charge is 2.25. The minimum Gasteiger partial charge on any atom is -0.399 e. The molecule has 0 atom stereocenters. The van der Waals surface area contributed by atoms with Crippen molar-refractivity contribution in [2.75, 3.05) is 24.3 Å². The maximum Gasteiger partial charge on any atom is 0.251 e. The van der Waals surface area contributed by atoms with Crippen LogP contribution in [0.4, 0.5) is 11.4 Å². The molecule has 106 valence electrons. The zero-order valence-electron chi connectivity index (χ0n) is 11.8. The van der Waals surface area contributed by atoms with E-state index in [1.165, 1.54) is 0 Å². The van der Waals surface area contributed by atoms with Gasteiger partial charge in [-0.3, -0.25) is 4.79 Å².